The molecule has 0 bridgehead atoms. The molecule has 17 heavy (non-hydrogen) atoms. The maximum atomic E-state index is 9.67. The molecule has 3 nitrogen and oxygen atoms in total. The second kappa shape index (κ2) is 4.15. The van der Waals surface area contributed by atoms with Gasteiger partial charge in [-0.25, -0.2) is 0 Å². The highest BCUT2D eigenvalue weighted by molar-refractivity contribution is 6.61. The van der Waals surface area contributed by atoms with Gasteiger partial charge in [-0.1, -0.05) is 17.7 Å². The Morgan fingerprint density at radius 1 is 1.29 bits per heavy atom. The molecule has 84 valence electrons. The largest absolute Gasteiger partial charge is 0.491 e. The lowest BCUT2D eigenvalue weighted by molar-refractivity contribution is 0.275. The molecule has 0 radical (unpaired) electrons. The first-order valence-electron chi connectivity index (χ1n) is 5.28. The standard InChI is InChI=1S/C12H9BClNO2/c14-12-5-9-7-17-13(16)11(9)6-10(12)8-1-3-15-4-2-8/h1-6,16H,7H2. The Balaban J connectivity index is 2.16. The highest BCUT2D eigenvalue weighted by atomic mass is 35.5. The number of nitrogens with zero attached hydrogens (tertiary/aromatic N) is 1. The zero-order valence-corrected chi connectivity index (χ0v) is 9.69. The second-order valence-corrected chi connectivity index (χ2v) is 4.34. The minimum atomic E-state index is -0.845. The van der Waals surface area contributed by atoms with Gasteiger partial charge in [-0.3, -0.25) is 4.98 Å². The summed E-state index contributed by atoms with van der Waals surface area (Å²) >= 11 is 6.23. The number of hydrogen-bond donors (Lipinski definition) is 1. The van der Waals surface area contributed by atoms with Crippen molar-refractivity contribution in [3.8, 4) is 11.1 Å². The molecule has 0 aliphatic carbocycles. The molecule has 0 unspecified atom stereocenters. The number of benzene rings is 1. The minimum Gasteiger partial charge on any atom is -0.423 e. The minimum absolute atomic E-state index is 0.410. The molecule has 1 N–H and O–H groups in total. The lowest BCUT2D eigenvalue weighted by Crippen LogP contribution is -2.28. The Labute approximate surface area is 104 Å². The van der Waals surface area contributed by atoms with Crippen LogP contribution >= 0.6 is 11.6 Å². The molecular weight excluding hydrogens is 236 g/mol. The molecule has 1 aliphatic rings. The quantitative estimate of drug-likeness (QED) is 0.776. The van der Waals surface area contributed by atoms with Gasteiger partial charge in [0.15, 0.2) is 0 Å². The fourth-order valence-electron chi connectivity index (χ4n) is 2.00. The predicted octanol–water partition coefficient (Wildman–Crippen LogP) is 1.62. The Kier molecular flexibility index (Phi) is 2.63. The second-order valence-electron chi connectivity index (χ2n) is 3.93. The number of hydrogen-bond acceptors (Lipinski definition) is 3. The van der Waals surface area contributed by atoms with Gasteiger partial charge in [0.25, 0.3) is 0 Å². The van der Waals surface area contributed by atoms with E-state index in [1.807, 2.05) is 24.3 Å². The van der Waals surface area contributed by atoms with E-state index in [1.165, 1.54) is 0 Å². The third-order valence-corrected chi connectivity index (χ3v) is 3.20. The molecule has 0 fully saturated rings. The molecule has 0 atom stereocenters. The van der Waals surface area contributed by atoms with Gasteiger partial charge in [0.1, 0.15) is 0 Å². The van der Waals surface area contributed by atoms with Crippen LogP contribution in [0.1, 0.15) is 5.56 Å². The van der Waals surface area contributed by atoms with Gasteiger partial charge < -0.3 is 9.68 Å². The smallest absolute Gasteiger partial charge is 0.423 e. The van der Waals surface area contributed by atoms with E-state index in [4.69, 9.17) is 16.3 Å². The first-order valence-corrected chi connectivity index (χ1v) is 5.66. The van der Waals surface area contributed by atoms with Crippen LogP contribution in [0.5, 0.6) is 0 Å². The van der Waals surface area contributed by atoms with Gasteiger partial charge in [-0.05, 0) is 34.8 Å². The molecule has 0 spiro atoms. The van der Waals surface area contributed by atoms with Crippen LogP contribution in [-0.2, 0) is 11.3 Å². The van der Waals surface area contributed by atoms with E-state index in [1.54, 1.807) is 12.4 Å². The van der Waals surface area contributed by atoms with Crippen LogP contribution in [0.4, 0.5) is 0 Å². The summed E-state index contributed by atoms with van der Waals surface area (Å²) in [5.41, 5.74) is 3.60. The van der Waals surface area contributed by atoms with E-state index in [-0.39, 0.29) is 0 Å². The van der Waals surface area contributed by atoms with Gasteiger partial charge in [-0.2, -0.15) is 0 Å². The molecule has 1 aromatic heterocycles. The summed E-state index contributed by atoms with van der Waals surface area (Å²) in [6.45, 7) is 0.410. The summed E-state index contributed by atoms with van der Waals surface area (Å²) in [4.78, 5) is 3.97. The summed E-state index contributed by atoms with van der Waals surface area (Å²) in [5, 5.41) is 10.3. The molecule has 0 amide bonds. The number of halogens is 1. The van der Waals surface area contributed by atoms with E-state index in [0.29, 0.717) is 11.6 Å². The monoisotopic (exact) mass is 245 g/mol. The normalized spacial score (nSPS) is 13.9. The predicted molar refractivity (Wildman–Crippen MR) is 67.1 cm³/mol. The van der Waals surface area contributed by atoms with Crippen LogP contribution in [0.25, 0.3) is 11.1 Å². The van der Waals surface area contributed by atoms with Crippen molar-refractivity contribution >= 4 is 24.2 Å². The van der Waals surface area contributed by atoms with Gasteiger partial charge in [0.05, 0.1) is 6.61 Å². The molecule has 2 heterocycles. The van der Waals surface area contributed by atoms with Crippen LogP contribution in [0.15, 0.2) is 36.7 Å². The maximum Gasteiger partial charge on any atom is 0.491 e. The molecule has 1 aromatic carbocycles. The van der Waals surface area contributed by atoms with E-state index in [2.05, 4.69) is 4.98 Å². The third kappa shape index (κ3) is 1.84. The van der Waals surface area contributed by atoms with Gasteiger partial charge in [-0.15, -0.1) is 0 Å². The molecule has 0 saturated carbocycles. The van der Waals surface area contributed by atoms with Crippen LogP contribution in [0.3, 0.4) is 0 Å². The lowest BCUT2D eigenvalue weighted by Gasteiger charge is -2.07. The summed E-state index contributed by atoms with van der Waals surface area (Å²) < 4.78 is 5.15. The van der Waals surface area contributed by atoms with Gasteiger partial charge in [0, 0.05) is 23.0 Å². The number of aromatic nitrogens is 1. The average molecular weight is 245 g/mol. The van der Waals surface area contributed by atoms with Crippen molar-refractivity contribution < 1.29 is 9.68 Å². The first-order chi connectivity index (χ1) is 8.25. The highest BCUT2D eigenvalue weighted by Crippen LogP contribution is 2.29. The Hall–Kier alpha value is -1.36. The van der Waals surface area contributed by atoms with E-state index >= 15 is 0 Å². The number of fused-ring (bicyclic) bond motifs is 1. The first kappa shape index (κ1) is 10.8. The van der Waals surface area contributed by atoms with Crippen molar-refractivity contribution in [2.24, 2.45) is 0 Å². The van der Waals surface area contributed by atoms with E-state index in [9.17, 15) is 5.02 Å². The molecule has 2 aromatic rings. The fraction of sp³-hybridized carbons (Fsp3) is 0.0833. The zero-order valence-electron chi connectivity index (χ0n) is 8.93. The number of rotatable bonds is 1. The van der Waals surface area contributed by atoms with Crippen LogP contribution < -0.4 is 5.46 Å². The van der Waals surface area contributed by atoms with E-state index < -0.39 is 7.12 Å². The summed E-state index contributed by atoms with van der Waals surface area (Å²) in [6, 6.07) is 7.50. The highest BCUT2D eigenvalue weighted by Gasteiger charge is 2.28. The molecule has 0 saturated heterocycles. The Morgan fingerprint density at radius 3 is 2.82 bits per heavy atom. The SMILES string of the molecule is OB1OCc2cc(Cl)c(-c3ccncc3)cc21. The molecule has 5 heteroatoms. The van der Waals surface area contributed by atoms with Crippen molar-refractivity contribution in [3.63, 3.8) is 0 Å². The number of pyridine rings is 1. The fourth-order valence-corrected chi connectivity index (χ4v) is 2.29. The molecular formula is C12H9BClNO2. The van der Waals surface area contributed by atoms with Crippen LogP contribution in [0, 0.1) is 0 Å². The van der Waals surface area contributed by atoms with Gasteiger partial charge in [0.2, 0.25) is 0 Å². The zero-order chi connectivity index (χ0) is 11.8. The Morgan fingerprint density at radius 2 is 2.06 bits per heavy atom. The van der Waals surface area contributed by atoms with Crippen LogP contribution in [-0.4, -0.2) is 17.1 Å². The third-order valence-electron chi connectivity index (χ3n) is 2.88. The van der Waals surface area contributed by atoms with Crippen molar-refractivity contribution in [1.82, 2.24) is 4.98 Å². The summed E-state index contributed by atoms with van der Waals surface area (Å²) in [5.74, 6) is 0. The van der Waals surface area contributed by atoms with Crippen molar-refractivity contribution in [2.75, 3.05) is 0 Å². The van der Waals surface area contributed by atoms with Gasteiger partial charge >= 0.3 is 7.12 Å². The summed E-state index contributed by atoms with van der Waals surface area (Å²) in [7, 11) is -0.845. The van der Waals surface area contributed by atoms with Crippen molar-refractivity contribution in [2.45, 2.75) is 6.61 Å². The average Bonchev–Trinajstić information content (AvgIpc) is 2.70. The van der Waals surface area contributed by atoms with Crippen molar-refractivity contribution in [3.05, 3.63) is 47.2 Å². The maximum absolute atomic E-state index is 9.67. The molecule has 3 rings (SSSR count). The molecule has 1 aliphatic heterocycles. The van der Waals surface area contributed by atoms with Crippen molar-refractivity contribution in [1.29, 1.82) is 0 Å². The summed E-state index contributed by atoms with van der Waals surface area (Å²) in [6.07, 6.45) is 3.43. The lowest BCUT2D eigenvalue weighted by atomic mass is 9.78. The van der Waals surface area contributed by atoms with E-state index in [0.717, 1.165) is 22.2 Å². The Bertz CT molecular complexity index is 562. The van der Waals surface area contributed by atoms with Crippen LogP contribution in [0.2, 0.25) is 5.02 Å². The topological polar surface area (TPSA) is 42.4 Å².